The van der Waals surface area contributed by atoms with E-state index in [-0.39, 0.29) is 23.9 Å². The highest BCUT2D eigenvalue weighted by Gasteiger charge is 2.32. The van der Waals surface area contributed by atoms with Crippen LogP contribution in [-0.4, -0.2) is 35.9 Å². The molecular formula is C19H19ClN2O5. The molecule has 7 nitrogen and oxygen atoms in total. The van der Waals surface area contributed by atoms with Crippen molar-refractivity contribution in [3.63, 3.8) is 0 Å². The first kappa shape index (κ1) is 17.9. The average Bonchev–Trinajstić information content (AvgIpc) is 3.30. The molecule has 27 heavy (non-hydrogen) atoms. The molecule has 4 rings (SSSR count). The van der Waals surface area contributed by atoms with Crippen LogP contribution in [0.1, 0.15) is 30.4 Å². The normalized spacial score (nSPS) is 18.7. The van der Waals surface area contributed by atoms with Crippen molar-refractivity contribution in [2.24, 2.45) is 5.73 Å². The van der Waals surface area contributed by atoms with Crippen molar-refractivity contribution in [3.8, 4) is 5.75 Å². The van der Waals surface area contributed by atoms with E-state index in [1.165, 1.54) is 4.90 Å². The smallest absolute Gasteiger partial charge is 0.339 e. The quantitative estimate of drug-likeness (QED) is 0.801. The zero-order valence-electron chi connectivity index (χ0n) is 14.6. The molecule has 2 aromatic rings. The third-order valence-corrected chi connectivity index (χ3v) is 5.57. The van der Waals surface area contributed by atoms with Crippen LogP contribution in [0.4, 0.5) is 0 Å². The van der Waals surface area contributed by atoms with E-state index in [0.29, 0.717) is 29.1 Å². The maximum atomic E-state index is 12.4. The SMILES string of the molecule is NC(=O)[C@H]1CCCN1C(=O)COc1cc2oc(=O)c3c(c2cc1Cl)CCC3. The van der Waals surface area contributed by atoms with E-state index in [0.717, 1.165) is 36.6 Å². The number of benzene rings is 1. The number of rotatable bonds is 4. The van der Waals surface area contributed by atoms with Gasteiger partial charge in [-0.05, 0) is 43.7 Å². The zero-order valence-corrected chi connectivity index (χ0v) is 15.4. The predicted octanol–water partition coefficient (Wildman–Crippen LogP) is 1.79. The summed E-state index contributed by atoms with van der Waals surface area (Å²) >= 11 is 6.32. The first-order valence-electron chi connectivity index (χ1n) is 8.95. The molecule has 1 saturated heterocycles. The molecule has 1 aromatic carbocycles. The molecule has 0 spiro atoms. The van der Waals surface area contributed by atoms with E-state index in [9.17, 15) is 14.4 Å². The second kappa shape index (κ2) is 6.88. The largest absolute Gasteiger partial charge is 0.482 e. The number of hydrogen-bond acceptors (Lipinski definition) is 5. The number of nitrogens with two attached hydrogens (primary N) is 1. The lowest BCUT2D eigenvalue weighted by molar-refractivity contribution is -0.138. The van der Waals surface area contributed by atoms with Gasteiger partial charge in [-0.15, -0.1) is 0 Å². The molecule has 2 heterocycles. The summed E-state index contributed by atoms with van der Waals surface area (Å²) in [6, 6.07) is 2.67. The summed E-state index contributed by atoms with van der Waals surface area (Å²) in [4.78, 5) is 37.4. The van der Waals surface area contributed by atoms with E-state index < -0.39 is 11.9 Å². The first-order valence-corrected chi connectivity index (χ1v) is 9.33. The molecule has 0 unspecified atom stereocenters. The molecule has 1 fully saturated rings. The van der Waals surface area contributed by atoms with Gasteiger partial charge in [0.15, 0.2) is 6.61 Å². The van der Waals surface area contributed by atoms with E-state index >= 15 is 0 Å². The number of halogens is 1. The van der Waals surface area contributed by atoms with Gasteiger partial charge < -0.3 is 19.8 Å². The fourth-order valence-corrected chi connectivity index (χ4v) is 4.19. The molecule has 0 bridgehead atoms. The Hall–Kier alpha value is -2.54. The number of nitrogens with zero attached hydrogens (tertiary/aromatic N) is 1. The minimum absolute atomic E-state index is 0.258. The van der Waals surface area contributed by atoms with Gasteiger partial charge in [0.25, 0.3) is 5.91 Å². The number of ether oxygens (including phenoxy) is 1. The highest BCUT2D eigenvalue weighted by Crippen LogP contribution is 2.34. The summed E-state index contributed by atoms with van der Waals surface area (Å²) in [5.74, 6) is -0.587. The number of likely N-dealkylation sites (tertiary alicyclic amines) is 1. The van der Waals surface area contributed by atoms with Crippen LogP contribution in [0.3, 0.4) is 0 Å². The molecule has 0 radical (unpaired) electrons. The number of aryl methyl sites for hydroxylation is 1. The van der Waals surface area contributed by atoms with Crippen molar-refractivity contribution >= 4 is 34.4 Å². The minimum atomic E-state index is -0.589. The third-order valence-electron chi connectivity index (χ3n) is 5.28. The number of carbonyl (C=O) groups excluding carboxylic acids is 2. The van der Waals surface area contributed by atoms with E-state index in [1.54, 1.807) is 12.1 Å². The van der Waals surface area contributed by atoms with Gasteiger partial charge in [-0.1, -0.05) is 11.6 Å². The van der Waals surface area contributed by atoms with Gasteiger partial charge in [-0.3, -0.25) is 9.59 Å². The maximum absolute atomic E-state index is 12.4. The third kappa shape index (κ3) is 3.16. The lowest BCUT2D eigenvalue weighted by Gasteiger charge is -2.22. The van der Waals surface area contributed by atoms with Crippen LogP contribution in [0.2, 0.25) is 5.02 Å². The monoisotopic (exact) mass is 390 g/mol. The van der Waals surface area contributed by atoms with Crippen LogP contribution in [0.5, 0.6) is 5.75 Å². The topological polar surface area (TPSA) is 103 Å². The highest BCUT2D eigenvalue weighted by molar-refractivity contribution is 6.32. The van der Waals surface area contributed by atoms with Crippen LogP contribution in [0.25, 0.3) is 11.0 Å². The lowest BCUT2D eigenvalue weighted by atomic mass is 10.1. The highest BCUT2D eigenvalue weighted by atomic mass is 35.5. The van der Waals surface area contributed by atoms with Crippen LogP contribution in [0, 0.1) is 0 Å². The maximum Gasteiger partial charge on any atom is 0.339 e. The summed E-state index contributed by atoms with van der Waals surface area (Å²) in [6.45, 7) is 0.201. The molecule has 1 aromatic heterocycles. The Balaban J connectivity index is 1.57. The number of carbonyl (C=O) groups is 2. The van der Waals surface area contributed by atoms with E-state index in [1.807, 2.05) is 0 Å². The summed E-state index contributed by atoms with van der Waals surface area (Å²) in [6.07, 6.45) is 3.74. The molecule has 2 aliphatic rings. The van der Waals surface area contributed by atoms with Gasteiger partial charge in [0.1, 0.15) is 17.4 Å². The summed E-state index contributed by atoms with van der Waals surface area (Å²) in [5, 5.41) is 1.14. The van der Waals surface area contributed by atoms with Gasteiger partial charge in [-0.25, -0.2) is 4.79 Å². The Morgan fingerprint density at radius 1 is 1.26 bits per heavy atom. The van der Waals surface area contributed by atoms with Gasteiger partial charge in [0.2, 0.25) is 5.91 Å². The molecule has 0 saturated carbocycles. The number of fused-ring (bicyclic) bond motifs is 3. The van der Waals surface area contributed by atoms with Gasteiger partial charge in [-0.2, -0.15) is 0 Å². The van der Waals surface area contributed by atoms with Crippen molar-refractivity contribution < 1.29 is 18.7 Å². The number of hydrogen-bond donors (Lipinski definition) is 1. The molecule has 1 atom stereocenters. The molecule has 1 aliphatic heterocycles. The average molecular weight is 391 g/mol. The zero-order chi connectivity index (χ0) is 19.1. The Kier molecular flexibility index (Phi) is 4.55. The predicted molar refractivity (Wildman–Crippen MR) is 98.9 cm³/mol. The molecule has 1 aliphatic carbocycles. The van der Waals surface area contributed by atoms with Crippen molar-refractivity contribution in [3.05, 3.63) is 38.7 Å². The standard InChI is InChI=1S/C19H19ClN2O5/c20-13-7-12-10-3-1-4-11(10)19(25)27-15(12)8-16(13)26-9-17(23)22-6-2-5-14(22)18(21)24/h7-8,14H,1-6,9H2,(H2,21,24)/t14-/m1/s1. The van der Waals surface area contributed by atoms with Crippen LogP contribution in [-0.2, 0) is 22.4 Å². The Labute approximate surface area is 160 Å². The Morgan fingerprint density at radius 2 is 2.04 bits per heavy atom. The van der Waals surface area contributed by atoms with Crippen molar-refractivity contribution in [1.82, 2.24) is 4.90 Å². The number of primary amides is 1. The second-order valence-corrected chi connectivity index (χ2v) is 7.32. The van der Waals surface area contributed by atoms with Crippen LogP contribution in [0.15, 0.2) is 21.3 Å². The fourth-order valence-electron chi connectivity index (χ4n) is 3.98. The minimum Gasteiger partial charge on any atom is -0.482 e. The summed E-state index contributed by atoms with van der Waals surface area (Å²) < 4.78 is 11.0. The molecule has 142 valence electrons. The summed E-state index contributed by atoms with van der Waals surface area (Å²) in [5.41, 5.74) is 7.10. The molecule has 8 heteroatoms. The van der Waals surface area contributed by atoms with Gasteiger partial charge in [0.05, 0.1) is 5.02 Å². The number of amides is 2. The molecule has 2 N–H and O–H groups in total. The lowest BCUT2D eigenvalue weighted by Crippen LogP contribution is -2.45. The Morgan fingerprint density at radius 3 is 2.81 bits per heavy atom. The van der Waals surface area contributed by atoms with E-state index in [2.05, 4.69) is 0 Å². The van der Waals surface area contributed by atoms with E-state index in [4.69, 9.17) is 26.5 Å². The fraction of sp³-hybridized carbons (Fsp3) is 0.421. The van der Waals surface area contributed by atoms with Crippen molar-refractivity contribution in [2.75, 3.05) is 13.2 Å². The first-order chi connectivity index (χ1) is 13.0. The van der Waals surface area contributed by atoms with Crippen LogP contribution >= 0.6 is 11.6 Å². The Bertz CT molecular complexity index is 1000. The molecular weight excluding hydrogens is 372 g/mol. The van der Waals surface area contributed by atoms with Crippen molar-refractivity contribution in [1.29, 1.82) is 0 Å². The van der Waals surface area contributed by atoms with Crippen molar-refractivity contribution in [2.45, 2.75) is 38.1 Å². The second-order valence-electron chi connectivity index (χ2n) is 6.92. The summed E-state index contributed by atoms with van der Waals surface area (Å²) in [7, 11) is 0. The molecule has 2 amide bonds. The van der Waals surface area contributed by atoms with Crippen LogP contribution < -0.4 is 16.1 Å². The van der Waals surface area contributed by atoms with Gasteiger partial charge in [0, 0.05) is 23.6 Å². The van der Waals surface area contributed by atoms with Gasteiger partial charge >= 0.3 is 5.63 Å².